The molecule has 0 aromatic heterocycles. The molecule has 2 aliphatic rings. The Morgan fingerprint density at radius 2 is 2.58 bits per heavy atom. The highest BCUT2D eigenvalue weighted by Gasteiger charge is 2.40. The van der Waals surface area contributed by atoms with Crippen molar-refractivity contribution in [2.45, 2.75) is 30.6 Å². The van der Waals surface area contributed by atoms with Crippen molar-refractivity contribution in [1.82, 2.24) is 0 Å². The largest absolute Gasteiger partial charge is 0.501 e. The molecule has 0 amide bonds. The zero-order valence-electron chi connectivity index (χ0n) is 7.25. The molecule has 0 bridgehead atoms. The highest BCUT2D eigenvalue weighted by molar-refractivity contribution is 8.00. The third-order valence-electron chi connectivity index (χ3n) is 2.54. The molecule has 2 aliphatic heterocycles. The van der Waals surface area contributed by atoms with Crippen molar-refractivity contribution < 1.29 is 9.84 Å². The molecule has 2 nitrogen and oxygen atoms in total. The van der Waals surface area contributed by atoms with Gasteiger partial charge in [0.25, 0.3) is 0 Å². The van der Waals surface area contributed by atoms with Crippen molar-refractivity contribution in [1.29, 1.82) is 0 Å². The SMILES string of the molecule is CC1CC(O)(C2=COCC2)CS1. The van der Waals surface area contributed by atoms with Gasteiger partial charge in [0, 0.05) is 17.4 Å². The highest BCUT2D eigenvalue weighted by Crippen LogP contribution is 2.41. The molecule has 1 saturated heterocycles. The van der Waals surface area contributed by atoms with Gasteiger partial charge < -0.3 is 9.84 Å². The number of thioether (sulfide) groups is 1. The summed E-state index contributed by atoms with van der Waals surface area (Å²) in [7, 11) is 0. The fraction of sp³-hybridized carbons (Fsp3) is 0.778. The Balaban J connectivity index is 2.10. The van der Waals surface area contributed by atoms with Crippen LogP contribution in [0.3, 0.4) is 0 Å². The van der Waals surface area contributed by atoms with E-state index in [0.29, 0.717) is 5.25 Å². The van der Waals surface area contributed by atoms with Gasteiger partial charge in [-0.15, -0.1) is 0 Å². The summed E-state index contributed by atoms with van der Waals surface area (Å²) in [5, 5.41) is 10.8. The molecule has 12 heavy (non-hydrogen) atoms. The van der Waals surface area contributed by atoms with Crippen LogP contribution in [0.15, 0.2) is 11.8 Å². The van der Waals surface area contributed by atoms with Gasteiger partial charge in [0.1, 0.15) is 0 Å². The van der Waals surface area contributed by atoms with E-state index in [0.717, 1.165) is 30.8 Å². The first-order chi connectivity index (χ1) is 5.71. The highest BCUT2D eigenvalue weighted by atomic mass is 32.2. The van der Waals surface area contributed by atoms with Crippen LogP contribution in [0.4, 0.5) is 0 Å². The Morgan fingerprint density at radius 3 is 3.08 bits per heavy atom. The molecule has 2 rings (SSSR count). The van der Waals surface area contributed by atoms with E-state index in [-0.39, 0.29) is 0 Å². The fourth-order valence-electron chi connectivity index (χ4n) is 1.83. The molecular formula is C9H14O2S. The van der Waals surface area contributed by atoms with Gasteiger partial charge in [-0.1, -0.05) is 6.92 Å². The zero-order valence-corrected chi connectivity index (χ0v) is 8.06. The van der Waals surface area contributed by atoms with E-state index in [4.69, 9.17) is 4.74 Å². The van der Waals surface area contributed by atoms with Crippen LogP contribution < -0.4 is 0 Å². The molecule has 0 radical (unpaired) electrons. The van der Waals surface area contributed by atoms with E-state index in [1.54, 1.807) is 6.26 Å². The molecule has 68 valence electrons. The van der Waals surface area contributed by atoms with E-state index in [9.17, 15) is 5.11 Å². The number of hydrogen-bond donors (Lipinski definition) is 1. The summed E-state index contributed by atoms with van der Waals surface area (Å²) in [6, 6.07) is 0. The minimum absolute atomic E-state index is 0.555. The normalized spacial score (nSPS) is 41.2. The van der Waals surface area contributed by atoms with Crippen LogP contribution in [0, 0.1) is 0 Å². The molecule has 0 saturated carbocycles. The van der Waals surface area contributed by atoms with Gasteiger partial charge in [-0.05, 0) is 12.0 Å². The smallest absolute Gasteiger partial charge is 0.0990 e. The third kappa shape index (κ3) is 1.36. The minimum Gasteiger partial charge on any atom is -0.501 e. The van der Waals surface area contributed by atoms with Gasteiger partial charge in [-0.2, -0.15) is 11.8 Å². The molecule has 2 unspecified atom stereocenters. The van der Waals surface area contributed by atoms with E-state index in [1.165, 1.54) is 0 Å². The Bertz CT molecular complexity index is 215. The van der Waals surface area contributed by atoms with Crippen LogP contribution in [0.1, 0.15) is 19.8 Å². The lowest BCUT2D eigenvalue weighted by atomic mass is 9.91. The van der Waals surface area contributed by atoms with Gasteiger partial charge in [-0.25, -0.2) is 0 Å². The second-order valence-electron chi connectivity index (χ2n) is 3.62. The van der Waals surface area contributed by atoms with Gasteiger partial charge in [0.05, 0.1) is 18.5 Å². The second kappa shape index (κ2) is 2.96. The quantitative estimate of drug-likeness (QED) is 0.673. The molecule has 2 atom stereocenters. The molecular weight excluding hydrogens is 172 g/mol. The van der Waals surface area contributed by atoms with Crippen molar-refractivity contribution in [2.75, 3.05) is 12.4 Å². The van der Waals surface area contributed by atoms with E-state index < -0.39 is 5.60 Å². The Kier molecular flexibility index (Phi) is 2.09. The van der Waals surface area contributed by atoms with Crippen LogP contribution in [0.2, 0.25) is 0 Å². The van der Waals surface area contributed by atoms with Crippen LogP contribution in [0.5, 0.6) is 0 Å². The maximum Gasteiger partial charge on any atom is 0.0990 e. The molecule has 1 fully saturated rings. The maximum absolute atomic E-state index is 10.2. The van der Waals surface area contributed by atoms with Crippen molar-refractivity contribution in [3.63, 3.8) is 0 Å². The summed E-state index contributed by atoms with van der Waals surface area (Å²) < 4.78 is 5.14. The van der Waals surface area contributed by atoms with Crippen LogP contribution in [-0.4, -0.2) is 28.3 Å². The predicted molar refractivity (Wildman–Crippen MR) is 50.1 cm³/mol. The molecule has 1 N–H and O–H groups in total. The van der Waals surface area contributed by atoms with Gasteiger partial charge in [0.15, 0.2) is 0 Å². The van der Waals surface area contributed by atoms with Crippen molar-refractivity contribution >= 4 is 11.8 Å². The Labute approximate surface area is 77.0 Å². The number of ether oxygens (including phenoxy) is 1. The lowest BCUT2D eigenvalue weighted by Crippen LogP contribution is -2.30. The van der Waals surface area contributed by atoms with Crippen LogP contribution >= 0.6 is 11.8 Å². The average molecular weight is 186 g/mol. The molecule has 2 heterocycles. The Hall–Kier alpha value is -0.150. The monoisotopic (exact) mass is 186 g/mol. The van der Waals surface area contributed by atoms with Crippen molar-refractivity contribution in [3.05, 3.63) is 11.8 Å². The molecule has 0 spiro atoms. The molecule has 3 heteroatoms. The predicted octanol–water partition coefficient (Wildman–Crippen LogP) is 1.55. The molecule has 0 aromatic rings. The summed E-state index contributed by atoms with van der Waals surface area (Å²) in [6.45, 7) is 2.91. The van der Waals surface area contributed by atoms with E-state index in [1.807, 2.05) is 11.8 Å². The first kappa shape index (κ1) is 8.45. The van der Waals surface area contributed by atoms with Gasteiger partial charge >= 0.3 is 0 Å². The second-order valence-corrected chi connectivity index (χ2v) is 5.05. The number of hydrogen-bond acceptors (Lipinski definition) is 3. The summed E-state index contributed by atoms with van der Waals surface area (Å²) >= 11 is 1.84. The Morgan fingerprint density at radius 1 is 1.75 bits per heavy atom. The first-order valence-electron chi connectivity index (χ1n) is 4.36. The standard InChI is InChI=1S/C9H14O2S/c1-7-4-9(10,6-12-7)8-2-3-11-5-8/h5,7,10H,2-4,6H2,1H3. The summed E-state index contributed by atoms with van der Waals surface area (Å²) in [4.78, 5) is 0. The topological polar surface area (TPSA) is 29.5 Å². The van der Waals surface area contributed by atoms with Crippen LogP contribution in [0.25, 0.3) is 0 Å². The fourth-order valence-corrected chi connectivity index (χ4v) is 3.08. The maximum atomic E-state index is 10.2. The molecule has 0 aliphatic carbocycles. The molecule has 0 aromatic carbocycles. The first-order valence-corrected chi connectivity index (χ1v) is 5.41. The lowest BCUT2D eigenvalue weighted by molar-refractivity contribution is 0.1000. The van der Waals surface area contributed by atoms with E-state index in [2.05, 4.69) is 6.92 Å². The third-order valence-corrected chi connectivity index (χ3v) is 3.92. The average Bonchev–Trinajstić information content (AvgIpc) is 2.59. The van der Waals surface area contributed by atoms with Crippen LogP contribution in [-0.2, 0) is 4.74 Å². The van der Waals surface area contributed by atoms with Crippen molar-refractivity contribution in [3.8, 4) is 0 Å². The summed E-state index contributed by atoms with van der Waals surface area (Å²) in [5.74, 6) is 0.837. The number of aliphatic hydroxyl groups is 1. The summed E-state index contributed by atoms with van der Waals surface area (Å²) in [6.07, 6.45) is 3.54. The summed E-state index contributed by atoms with van der Waals surface area (Å²) in [5.41, 5.74) is 0.542. The van der Waals surface area contributed by atoms with Gasteiger partial charge in [-0.3, -0.25) is 0 Å². The number of rotatable bonds is 1. The van der Waals surface area contributed by atoms with E-state index >= 15 is 0 Å². The minimum atomic E-state index is -0.555. The lowest BCUT2D eigenvalue weighted by Gasteiger charge is -2.21. The van der Waals surface area contributed by atoms with Gasteiger partial charge in [0.2, 0.25) is 0 Å². The zero-order chi connectivity index (χ0) is 8.60. The van der Waals surface area contributed by atoms with Crippen molar-refractivity contribution in [2.24, 2.45) is 0 Å².